The number of carbonyl (C=O) groups excluding carboxylic acids is 1. The van der Waals surface area contributed by atoms with E-state index in [2.05, 4.69) is 54.5 Å². The molecule has 0 bridgehead atoms. The Morgan fingerprint density at radius 2 is 1.08 bits per heavy atom. The summed E-state index contributed by atoms with van der Waals surface area (Å²) in [5.41, 5.74) is 0. The van der Waals surface area contributed by atoms with Gasteiger partial charge in [0.15, 0.2) is 6.29 Å². The van der Waals surface area contributed by atoms with E-state index < -0.39 is 59.8 Å². The Morgan fingerprint density at radius 1 is 0.623 bits per heavy atom. The Kier molecular flexibility index (Phi) is 37.5. The molecule has 0 aromatic heterocycles. The van der Waals surface area contributed by atoms with Crippen LogP contribution in [0.25, 0.3) is 0 Å². The van der Waals surface area contributed by atoms with E-state index in [0.717, 1.165) is 57.8 Å². The predicted molar refractivity (Wildman–Crippen MR) is 243 cm³/mol. The molecule has 358 valence electrons. The number of hydrogen-bond acceptors (Lipinski definition) is 11. The van der Waals surface area contributed by atoms with Crippen LogP contribution in [-0.4, -0.2) is 97.5 Å². The maximum absolute atomic E-state index is 12.8. The molecule has 1 fully saturated rings. The van der Waals surface area contributed by atoms with Gasteiger partial charge >= 0.3 is 16.4 Å². The second-order valence-electron chi connectivity index (χ2n) is 16.7. The molecule has 61 heavy (non-hydrogen) atoms. The molecule has 0 aromatic carbocycles. The van der Waals surface area contributed by atoms with Crippen LogP contribution in [0.3, 0.4) is 0 Å². The highest BCUT2D eigenvalue weighted by Crippen LogP contribution is 2.26. The van der Waals surface area contributed by atoms with Crippen molar-refractivity contribution in [2.45, 2.75) is 237 Å². The van der Waals surface area contributed by atoms with Crippen molar-refractivity contribution in [3.05, 3.63) is 36.5 Å². The molecular formula is C48H88O12S. The van der Waals surface area contributed by atoms with E-state index in [1.54, 1.807) is 0 Å². The third-order valence-electron chi connectivity index (χ3n) is 11.0. The average molecular weight is 889 g/mol. The molecule has 0 aliphatic carbocycles. The van der Waals surface area contributed by atoms with Gasteiger partial charge in [-0.3, -0.25) is 9.35 Å². The van der Waals surface area contributed by atoms with Crippen LogP contribution in [0.5, 0.6) is 0 Å². The largest absolute Gasteiger partial charge is 0.457 e. The van der Waals surface area contributed by atoms with E-state index in [1.807, 2.05) is 0 Å². The molecule has 1 saturated heterocycles. The number of unbranched alkanes of at least 4 members (excludes halogenated alkanes) is 23. The lowest BCUT2D eigenvalue weighted by Crippen LogP contribution is -2.60. The van der Waals surface area contributed by atoms with Crippen molar-refractivity contribution in [1.29, 1.82) is 0 Å². The van der Waals surface area contributed by atoms with E-state index in [4.69, 9.17) is 23.5 Å². The van der Waals surface area contributed by atoms with Crippen LogP contribution in [0.1, 0.15) is 200 Å². The molecule has 1 aliphatic rings. The van der Waals surface area contributed by atoms with Crippen molar-refractivity contribution >= 4 is 16.4 Å². The number of esters is 1. The van der Waals surface area contributed by atoms with Crippen LogP contribution in [0.2, 0.25) is 0 Å². The first-order chi connectivity index (χ1) is 29.6. The minimum atomic E-state index is -5.06. The second-order valence-corrected chi connectivity index (χ2v) is 17.8. The zero-order valence-electron chi connectivity index (χ0n) is 38.2. The number of rotatable bonds is 42. The van der Waals surface area contributed by atoms with Crippen LogP contribution < -0.4 is 0 Å². The van der Waals surface area contributed by atoms with Gasteiger partial charge in [0.1, 0.15) is 30.5 Å². The number of hydrogen-bond donors (Lipinski definition) is 4. The van der Waals surface area contributed by atoms with Gasteiger partial charge in [-0.1, -0.05) is 179 Å². The van der Waals surface area contributed by atoms with E-state index in [0.29, 0.717) is 13.0 Å². The van der Waals surface area contributed by atoms with Crippen molar-refractivity contribution in [3.63, 3.8) is 0 Å². The van der Waals surface area contributed by atoms with Crippen molar-refractivity contribution in [1.82, 2.24) is 0 Å². The first kappa shape index (κ1) is 57.3. The molecule has 0 radical (unpaired) electrons. The Hall–Kier alpha value is -1.68. The summed E-state index contributed by atoms with van der Waals surface area (Å²) in [6.45, 7) is 3.96. The van der Waals surface area contributed by atoms with E-state index in [1.165, 1.54) is 116 Å². The van der Waals surface area contributed by atoms with Gasteiger partial charge in [-0.05, 0) is 51.4 Å². The molecule has 1 aliphatic heterocycles. The van der Waals surface area contributed by atoms with Crippen LogP contribution >= 0.6 is 0 Å². The fourth-order valence-electron chi connectivity index (χ4n) is 7.33. The number of carbonyl (C=O) groups is 1. The fourth-order valence-corrected chi connectivity index (χ4v) is 7.84. The van der Waals surface area contributed by atoms with Crippen molar-refractivity contribution in [2.75, 3.05) is 26.4 Å². The standard InChI is InChI=1S/C48H88O12S/c1-3-5-7-9-11-13-15-16-17-18-19-20-21-22-23-24-25-26-27-28-30-32-34-36-38-56-40-42(58-44(50)37-35-33-31-29-14-12-10-8-6-4-2)41-57-48-46(52)47(60-61(53,54)55)45(51)43(39-49)59-48/h15-16,18-19,21-22,42-43,45-49,51-52H,3-14,17,20,23-41H2,1-2H3,(H,53,54,55)/b16-15-,19-18-,22-21-. The van der Waals surface area contributed by atoms with E-state index >= 15 is 0 Å². The van der Waals surface area contributed by atoms with Gasteiger partial charge in [-0.15, -0.1) is 0 Å². The van der Waals surface area contributed by atoms with Gasteiger partial charge < -0.3 is 34.3 Å². The Bertz CT molecular complexity index is 1210. The van der Waals surface area contributed by atoms with Crippen LogP contribution in [0, 0.1) is 0 Å². The first-order valence-electron chi connectivity index (χ1n) is 24.2. The lowest BCUT2D eigenvalue weighted by Gasteiger charge is -2.41. The normalized spacial score (nSPS) is 20.4. The monoisotopic (exact) mass is 889 g/mol. The lowest BCUT2D eigenvalue weighted by atomic mass is 9.99. The highest BCUT2D eigenvalue weighted by Gasteiger charge is 2.48. The molecule has 12 nitrogen and oxygen atoms in total. The molecule has 1 heterocycles. The molecule has 0 amide bonds. The SMILES string of the molecule is CCCCCCC/C=C\C/C=C\C/C=C\CCCCCCCCCCCOCC(COC1OC(CO)C(O)C(OS(=O)(=O)O)C1O)OC(=O)CCCCCCCCCCCC. The second kappa shape index (κ2) is 39.9. The average Bonchev–Trinajstić information content (AvgIpc) is 3.23. The number of aliphatic hydroxyl groups excluding tert-OH is 3. The summed E-state index contributed by atoms with van der Waals surface area (Å²) in [6.07, 6.45) is 37.6. The molecule has 0 saturated carbocycles. The summed E-state index contributed by atoms with van der Waals surface area (Å²) in [5.74, 6) is -0.403. The van der Waals surface area contributed by atoms with Gasteiger partial charge in [0, 0.05) is 13.0 Å². The van der Waals surface area contributed by atoms with Gasteiger partial charge in [-0.25, -0.2) is 4.18 Å². The van der Waals surface area contributed by atoms with Crippen molar-refractivity contribution in [2.24, 2.45) is 0 Å². The summed E-state index contributed by atoms with van der Waals surface area (Å²) >= 11 is 0. The van der Waals surface area contributed by atoms with E-state index in [-0.39, 0.29) is 19.6 Å². The third kappa shape index (κ3) is 33.5. The molecule has 1 rings (SSSR count). The van der Waals surface area contributed by atoms with Crippen LogP contribution in [0.15, 0.2) is 36.5 Å². The van der Waals surface area contributed by atoms with E-state index in [9.17, 15) is 28.5 Å². The van der Waals surface area contributed by atoms with Crippen LogP contribution in [0.4, 0.5) is 0 Å². The van der Waals surface area contributed by atoms with Gasteiger partial charge in [0.25, 0.3) is 0 Å². The molecular weight excluding hydrogens is 801 g/mol. The molecule has 6 atom stereocenters. The Balaban J connectivity index is 2.32. The topological polar surface area (TPSA) is 178 Å². The highest BCUT2D eigenvalue weighted by molar-refractivity contribution is 7.80. The van der Waals surface area contributed by atoms with Crippen LogP contribution in [-0.2, 0) is 38.3 Å². The highest BCUT2D eigenvalue weighted by atomic mass is 32.3. The Morgan fingerprint density at radius 3 is 1.57 bits per heavy atom. The summed E-state index contributed by atoms with van der Waals surface area (Å²) in [5, 5.41) is 30.6. The lowest BCUT2D eigenvalue weighted by molar-refractivity contribution is -0.301. The maximum atomic E-state index is 12.8. The maximum Gasteiger partial charge on any atom is 0.397 e. The number of allylic oxidation sites excluding steroid dienone is 6. The zero-order valence-corrected chi connectivity index (χ0v) is 39.0. The predicted octanol–water partition coefficient (Wildman–Crippen LogP) is 10.6. The van der Waals surface area contributed by atoms with Gasteiger partial charge in [0.05, 0.1) is 19.8 Å². The Labute approximate surface area is 371 Å². The van der Waals surface area contributed by atoms with Gasteiger partial charge in [-0.2, -0.15) is 8.42 Å². The molecule has 6 unspecified atom stereocenters. The minimum absolute atomic E-state index is 0.0342. The minimum Gasteiger partial charge on any atom is -0.457 e. The first-order valence-corrected chi connectivity index (χ1v) is 25.6. The summed E-state index contributed by atoms with van der Waals surface area (Å²) < 4.78 is 59.0. The molecule has 0 aromatic rings. The number of ether oxygens (including phenoxy) is 4. The summed E-state index contributed by atoms with van der Waals surface area (Å²) in [6, 6.07) is 0. The molecule has 0 spiro atoms. The zero-order chi connectivity index (χ0) is 44.7. The summed E-state index contributed by atoms with van der Waals surface area (Å²) in [7, 11) is -5.06. The fraction of sp³-hybridized carbons (Fsp3) is 0.854. The quantitative estimate of drug-likeness (QED) is 0.0198. The smallest absolute Gasteiger partial charge is 0.397 e. The molecule has 4 N–H and O–H groups in total. The molecule has 13 heteroatoms. The number of aliphatic hydroxyl groups is 3. The summed E-state index contributed by atoms with van der Waals surface area (Å²) in [4.78, 5) is 12.8. The third-order valence-corrected chi connectivity index (χ3v) is 11.5. The van der Waals surface area contributed by atoms with Crippen molar-refractivity contribution in [3.8, 4) is 0 Å². The van der Waals surface area contributed by atoms with Gasteiger partial charge in [0.2, 0.25) is 0 Å². The van der Waals surface area contributed by atoms with Crippen molar-refractivity contribution < 1.29 is 56.2 Å².